The van der Waals surface area contributed by atoms with Crippen LogP contribution in [0.3, 0.4) is 0 Å². The van der Waals surface area contributed by atoms with Crippen LogP contribution in [-0.4, -0.2) is 33.5 Å². The Kier molecular flexibility index (Phi) is 16.7. The van der Waals surface area contributed by atoms with Crippen molar-refractivity contribution in [2.24, 2.45) is 0 Å². The number of allylic oxidation sites excluding steroid dienone is 3. The highest BCUT2D eigenvalue weighted by atomic mass is 16.3. The van der Waals surface area contributed by atoms with E-state index in [1.54, 1.807) is 56.6 Å². The standard InChI is InChI=1S/C17H19N3O2.C9H10O.C2H6.C2H2/c1-3-13(21)5-4-6-15-17(18-2)19-11-16(20-15)12-7-9-14(22)10-8-12;1-8-2-4-9(5-3-8)6-7-10;2*1-2/h3-5,7-11,21-22H,6H2,1-2H3,(H,18,19);2-5,7H,6H2,1H3;1-2H3;1-2H/b5-4-,13-3+;;;. The van der Waals surface area contributed by atoms with E-state index in [-0.39, 0.29) is 11.5 Å². The molecule has 1 heterocycles. The van der Waals surface area contributed by atoms with Crippen molar-refractivity contribution < 1.29 is 15.0 Å². The first-order chi connectivity index (χ1) is 17.5. The van der Waals surface area contributed by atoms with E-state index in [0.29, 0.717) is 18.7 Å². The second-order valence-corrected chi connectivity index (χ2v) is 7.02. The fourth-order valence-corrected chi connectivity index (χ4v) is 2.76. The third-order valence-corrected chi connectivity index (χ3v) is 4.58. The molecule has 0 bridgehead atoms. The number of nitrogens with zero attached hydrogens (tertiary/aromatic N) is 2. The lowest BCUT2D eigenvalue weighted by Crippen LogP contribution is -2.02. The summed E-state index contributed by atoms with van der Waals surface area (Å²) in [6.07, 6.45) is 16.8. The van der Waals surface area contributed by atoms with Crippen LogP contribution in [0.2, 0.25) is 0 Å². The maximum Gasteiger partial charge on any atom is 0.147 e. The van der Waals surface area contributed by atoms with Gasteiger partial charge < -0.3 is 20.3 Å². The van der Waals surface area contributed by atoms with Crippen LogP contribution < -0.4 is 5.32 Å². The van der Waals surface area contributed by atoms with Crippen molar-refractivity contribution in [1.82, 2.24) is 9.97 Å². The lowest BCUT2D eigenvalue weighted by atomic mass is 10.1. The summed E-state index contributed by atoms with van der Waals surface area (Å²) in [5.74, 6) is 1.13. The normalized spacial score (nSPS) is 10.0. The minimum atomic E-state index is 0.216. The molecule has 0 aliphatic rings. The third kappa shape index (κ3) is 11.7. The van der Waals surface area contributed by atoms with E-state index < -0.39 is 0 Å². The van der Waals surface area contributed by atoms with Gasteiger partial charge in [0.05, 0.1) is 17.6 Å². The Hall–Kier alpha value is -4.37. The van der Waals surface area contributed by atoms with E-state index in [4.69, 9.17) is 0 Å². The first-order valence-electron chi connectivity index (χ1n) is 11.6. The minimum Gasteiger partial charge on any atom is -0.508 e. The van der Waals surface area contributed by atoms with Gasteiger partial charge in [0.15, 0.2) is 0 Å². The summed E-state index contributed by atoms with van der Waals surface area (Å²) in [4.78, 5) is 19.0. The zero-order valence-corrected chi connectivity index (χ0v) is 21.8. The van der Waals surface area contributed by atoms with Gasteiger partial charge in [0.25, 0.3) is 0 Å². The predicted molar refractivity (Wildman–Crippen MR) is 150 cm³/mol. The number of aliphatic hydroxyl groups excluding tert-OH is 1. The summed E-state index contributed by atoms with van der Waals surface area (Å²) in [7, 11) is 1.79. The fraction of sp³-hybridized carbons (Fsp3) is 0.233. The van der Waals surface area contributed by atoms with Crippen molar-refractivity contribution in [1.29, 1.82) is 0 Å². The first kappa shape index (κ1) is 31.6. The summed E-state index contributed by atoms with van der Waals surface area (Å²) in [6.45, 7) is 7.80. The highest BCUT2D eigenvalue weighted by Gasteiger charge is 2.07. The number of phenols is 1. The van der Waals surface area contributed by atoms with Crippen molar-refractivity contribution in [3.05, 3.63) is 95.5 Å². The van der Waals surface area contributed by atoms with Crippen LogP contribution in [0.5, 0.6) is 5.75 Å². The minimum absolute atomic E-state index is 0.216. The molecule has 0 saturated carbocycles. The number of rotatable bonds is 7. The van der Waals surface area contributed by atoms with Crippen LogP contribution in [0.25, 0.3) is 11.3 Å². The molecule has 3 N–H and O–H groups in total. The number of aldehydes is 1. The number of aromatic nitrogens is 2. The van der Waals surface area contributed by atoms with Gasteiger partial charge in [-0.2, -0.15) is 0 Å². The van der Waals surface area contributed by atoms with Crippen molar-refractivity contribution in [3.63, 3.8) is 0 Å². The Balaban J connectivity index is 0.000000730. The quantitative estimate of drug-likeness (QED) is 0.153. The van der Waals surface area contributed by atoms with Crippen LogP contribution in [-0.2, 0) is 17.6 Å². The topological polar surface area (TPSA) is 95.3 Å². The second kappa shape index (κ2) is 19.0. The molecule has 0 saturated heterocycles. The molecule has 0 aliphatic carbocycles. The number of terminal acetylenes is 1. The monoisotopic (exact) mass is 487 g/mol. The van der Waals surface area contributed by atoms with E-state index in [1.165, 1.54) is 5.56 Å². The zero-order chi connectivity index (χ0) is 27.3. The number of benzene rings is 2. The van der Waals surface area contributed by atoms with E-state index in [2.05, 4.69) is 28.1 Å². The third-order valence-electron chi connectivity index (χ3n) is 4.58. The molecule has 6 nitrogen and oxygen atoms in total. The van der Waals surface area contributed by atoms with Gasteiger partial charge in [-0.05, 0) is 55.8 Å². The molecule has 3 aromatic rings. The van der Waals surface area contributed by atoms with E-state index >= 15 is 0 Å². The smallest absolute Gasteiger partial charge is 0.147 e. The van der Waals surface area contributed by atoms with E-state index in [9.17, 15) is 15.0 Å². The molecule has 0 fully saturated rings. The maximum absolute atomic E-state index is 10.1. The van der Waals surface area contributed by atoms with Gasteiger partial charge in [-0.15, -0.1) is 12.8 Å². The molecular weight excluding hydrogens is 450 g/mol. The number of nitrogens with one attached hydrogen (secondary N) is 1. The van der Waals surface area contributed by atoms with Crippen molar-refractivity contribution in [2.45, 2.75) is 40.5 Å². The Labute approximate surface area is 215 Å². The lowest BCUT2D eigenvalue weighted by molar-refractivity contribution is -0.107. The van der Waals surface area contributed by atoms with Crippen molar-refractivity contribution >= 4 is 12.1 Å². The number of aliphatic hydroxyl groups is 1. The van der Waals surface area contributed by atoms with Crippen LogP contribution in [0.15, 0.2) is 78.7 Å². The van der Waals surface area contributed by atoms with E-state index in [0.717, 1.165) is 28.8 Å². The van der Waals surface area contributed by atoms with E-state index in [1.807, 2.05) is 51.1 Å². The summed E-state index contributed by atoms with van der Waals surface area (Å²) in [5.41, 5.74) is 4.72. The number of hydrogen-bond donors (Lipinski definition) is 3. The number of aromatic hydroxyl groups is 1. The molecule has 0 radical (unpaired) electrons. The summed E-state index contributed by atoms with van der Waals surface area (Å²) < 4.78 is 0. The van der Waals surface area contributed by atoms with Gasteiger partial charge in [0.1, 0.15) is 23.6 Å². The highest BCUT2D eigenvalue weighted by molar-refractivity contribution is 5.61. The summed E-state index contributed by atoms with van der Waals surface area (Å²) >= 11 is 0. The zero-order valence-electron chi connectivity index (χ0n) is 21.8. The number of hydrogen-bond acceptors (Lipinski definition) is 6. The molecule has 0 spiro atoms. The molecule has 6 heteroatoms. The number of carbonyl (C=O) groups excluding carboxylic acids is 1. The number of aryl methyl sites for hydroxylation is 1. The van der Waals surface area contributed by atoms with Crippen LogP contribution in [0.1, 0.15) is 37.6 Å². The Morgan fingerprint density at radius 1 is 1.03 bits per heavy atom. The molecule has 0 unspecified atom stereocenters. The number of anilines is 1. The molecular formula is C30H37N3O3. The molecule has 190 valence electrons. The van der Waals surface area contributed by atoms with Crippen LogP contribution in [0, 0.1) is 19.8 Å². The van der Waals surface area contributed by atoms with Gasteiger partial charge in [-0.25, -0.2) is 9.97 Å². The Bertz CT molecular complexity index is 1100. The van der Waals surface area contributed by atoms with Gasteiger partial charge in [-0.3, -0.25) is 0 Å². The molecule has 2 aromatic carbocycles. The number of carbonyl (C=O) groups is 1. The van der Waals surface area contributed by atoms with Crippen molar-refractivity contribution in [2.75, 3.05) is 12.4 Å². The Morgan fingerprint density at radius 2 is 1.64 bits per heavy atom. The predicted octanol–water partition coefficient (Wildman–Crippen LogP) is 6.46. The average molecular weight is 488 g/mol. The lowest BCUT2D eigenvalue weighted by Gasteiger charge is -2.08. The molecule has 0 aliphatic heterocycles. The molecule has 1 aromatic heterocycles. The van der Waals surface area contributed by atoms with Gasteiger partial charge >= 0.3 is 0 Å². The van der Waals surface area contributed by atoms with Crippen molar-refractivity contribution in [3.8, 4) is 29.9 Å². The second-order valence-electron chi connectivity index (χ2n) is 7.02. The van der Waals surface area contributed by atoms with Gasteiger partial charge in [-0.1, -0.05) is 49.8 Å². The Morgan fingerprint density at radius 3 is 2.17 bits per heavy atom. The van der Waals surface area contributed by atoms with Crippen LogP contribution in [0.4, 0.5) is 5.82 Å². The highest BCUT2D eigenvalue weighted by Crippen LogP contribution is 2.22. The fourth-order valence-electron chi connectivity index (χ4n) is 2.76. The summed E-state index contributed by atoms with van der Waals surface area (Å²) in [5, 5.41) is 21.8. The van der Waals surface area contributed by atoms with Crippen LogP contribution >= 0.6 is 0 Å². The molecule has 36 heavy (non-hydrogen) atoms. The molecule has 0 amide bonds. The molecule has 3 rings (SSSR count). The average Bonchev–Trinajstić information content (AvgIpc) is 2.93. The maximum atomic E-state index is 10.1. The van der Waals surface area contributed by atoms with Gasteiger partial charge in [0.2, 0.25) is 0 Å². The first-order valence-corrected chi connectivity index (χ1v) is 11.6. The number of phenolic OH excluding ortho intramolecular Hbond substituents is 1. The largest absolute Gasteiger partial charge is 0.508 e. The summed E-state index contributed by atoms with van der Waals surface area (Å²) in [6, 6.07) is 14.8. The van der Waals surface area contributed by atoms with Gasteiger partial charge in [0, 0.05) is 25.5 Å². The molecule has 0 atom stereocenters. The SMILES string of the molecule is C#C.C/C=C(O)\C=C/Cc1nc(-c2ccc(O)cc2)cnc1NC.CC.Cc1ccc(CC=O)cc1.